The summed E-state index contributed by atoms with van der Waals surface area (Å²) in [6.07, 6.45) is -4.35. The molecule has 1 aromatic heterocycles. The molecule has 1 unspecified atom stereocenters. The lowest BCUT2D eigenvalue weighted by atomic mass is 10.0. The number of hydrogen-bond acceptors (Lipinski definition) is 2. The van der Waals surface area contributed by atoms with Crippen LogP contribution < -0.4 is 5.32 Å². The van der Waals surface area contributed by atoms with Crippen molar-refractivity contribution in [1.82, 2.24) is 5.32 Å². The van der Waals surface area contributed by atoms with Crippen molar-refractivity contribution in [1.29, 1.82) is 0 Å². The third-order valence-electron chi connectivity index (χ3n) is 3.39. The summed E-state index contributed by atoms with van der Waals surface area (Å²) >= 11 is 0. The molecule has 0 radical (unpaired) electrons. The average Bonchev–Trinajstić information content (AvgIpc) is 2.87. The van der Waals surface area contributed by atoms with Crippen molar-refractivity contribution in [3.8, 4) is 11.3 Å². The average molecular weight is 297 g/mol. The van der Waals surface area contributed by atoms with E-state index in [1.165, 1.54) is 6.07 Å². The van der Waals surface area contributed by atoms with Gasteiger partial charge < -0.3 is 9.73 Å². The number of nitrogens with one attached hydrogen (secondary N) is 1. The molecule has 21 heavy (non-hydrogen) atoms. The van der Waals surface area contributed by atoms with Gasteiger partial charge in [-0.2, -0.15) is 13.2 Å². The molecular weight excluding hydrogens is 279 g/mol. The summed E-state index contributed by atoms with van der Waals surface area (Å²) in [6, 6.07) is 7.22. The fourth-order valence-electron chi connectivity index (χ4n) is 2.20. The van der Waals surface area contributed by atoms with Crippen molar-refractivity contribution in [2.24, 2.45) is 0 Å². The molecule has 0 aliphatic rings. The van der Waals surface area contributed by atoms with Crippen LogP contribution in [0, 0.1) is 6.92 Å². The van der Waals surface area contributed by atoms with Crippen molar-refractivity contribution in [2.75, 3.05) is 6.54 Å². The summed E-state index contributed by atoms with van der Waals surface area (Å²) in [7, 11) is 0. The van der Waals surface area contributed by atoms with Gasteiger partial charge in [-0.25, -0.2) is 0 Å². The first kappa shape index (κ1) is 15.6. The summed E-state index contributed by atoms with van der Waals surface area (Å²) < 4.78 is 44.1. The van der Waals surface area contributed by atoms with Crippen molar-refractivity contribution >= 4 is 0 Å². The normalized spacial score (nSPS) is 13.4. The van der Waals surface area contributed by atoms with Crippen LogP contribution in [0.2, 0.25) is 0 Å². The number of rotatable bonds is 4. The van der Waals surface area contributed by atoms with Crippen LogP contribution >= 0.6 is 0 Å². The van der Waals surface area contributed by atoms with E-state index in [9.17, 15) is 13.2 Å². The van der Waals surface area contributed by atoms with Crippen molar-refractivity contribution in [3.63, 3.8) is 0 Å². The maximum absolute atomic E-state index is 12.8. The Labute approximate surface area is 122 Å². The second kappa shape index (κ2) is 5.93. The molecule has 0 spiro atoms. The number of alkyl halides is 3. The first-order valence-electron chi connectivity index (χ1n) is 6.84. The maximum Gasteiger partial charge on any atom is 0.416 e. The Kier molecular flexibility index (Phi) is 4.42. The summed E-state index contributed by atoms with van der Waals surface area (Å²) in [4.78, 5) is 0. The highest BCUT2D eigenvalue weighted by molar-refractivity contribution is 5.63. The van der Waals surface area contributed by atoms with Crippen LogP contribution in [-0.4, -0.2) is 6.54 Å². The standard InChI is InChI=1S/C16H18F3NO/c1-4-20-11(3)14-7-8-15(21-14)13-9-12(16(17,18)19)6-5-10(13)2/h5-9,11,20H,4H2,1-3H3. The summed E-state index contributed by atoms with van der Waals surface area (Å²) in [5.41, 5.74) is 0.556. The lowest BCUT2D eigenvalue weighted by Gasteiger charge is -2.11. The quantitative estimate of drug-likeness (QED) is 0.864. The van der Waals surface area contributed by atoms with Crippen LogP contribution in [-0.2, 0) is 6.18 Å². The molecule has 1 heterocycles. The van der Waals surface area contributed by atoms with Crippen LogP contribution in [0.1, 0.15) is 36.8 Å². The molecule has 0 aliphatic carbocycles. The monoisotopic (exact) mass is 297 g/mol. The van der Waals surface area contributed by atoms with E-state index in [0.717, 1.165) is 24.2 Å². The third kappa shape index (κ3) is 3.47. The number of halogens is 3. The highest BCUT2D eigenvalue weighted by Gasteiger charge is 2.31. The molecule has 0 aliphatic heterocycles. The van der Waals surface area contributed by atoms with E-state index in [-0.39, 0.29) is 6.04 Å². The Hall–Kier alpha value is -1.75. The zero-order valence-electron chi connectivity index (χ0n) is 12.2. The molecule has 0 bridgehead atoms. The molecular formula is C16H18F3NO. The Morgan fingerprint density at radius 2 is 1.90 bits per heavy atom. The minimum Gasteiger partial charge on any atom is -0.459 e. The molecule has 1 atom stereocenters. The third-order valence-corrected chi connectivity index (χ3v) is 3.39. The second-order valence-electron chi connectivity index (χ2n) is 5.01. The lowest BCUT2D eigenvalue weighted by Crippen LogP contribution is -2.16. The Bertz CT molecular complexity index is 616. The van der Waals surface area contributed by atoms with E-state index in [2.05, 4.69) is 5.32 Å². The number of aryl methyl sites for hydroxylation is 1. The molecule has 1 aromatic carbocycles. The molecule has 5 heteroatoms. The number of furan rings is 1. The van der Waals surface area contributed by atoms with Gasteiger partial charge in [0.05, 0.1) is 11.6 Å². The predicted molar refractivity (Wildman–Crippen MR) is 76.0 cm³/mol. The fourth-order valence-corrected chi connectivity index (χ4v) is 2.20. The first-order valence-corrected chi connectivity index (χ1v) is 6.84. The molecule has 114 valence electrons. The zero-order chi connectivity index (χ0) is 15.6. The number of hydrogen-bond donors (Lipinski definition) is 1. The van der Waals surface area contributed by atoms with Gasteiger partial charge in [-0.15, -0.1) is 0 Å². The zero-order valence-corrected chi connectivity index (χ0v) is 12.2. The van der Waals surface area contributed by atoms with Crippen LogP contribution in [0.5, 0.6) is 0 Å². The van der Waals surface area contributed by atoms with Gasteiger partial charge in [0.1, 0.15) is 11.5 Å². The summed E-state index contributed by atoms with van der Waals surface area (Å²) in [5, 5.41) is 3.20. The Morgan fingerprint density at radius 1 is 1.19 bits per heavy atom. The lowest BCUT2D eigenvalue weighted by molar-refractivity contribution is -0.137. The second-order valence-corrected chi connectivity index (χ2v) is 5.01. The minimum absolute atomic E-state index is 0.0230. The molecule has 0 amide bonds. The molecule has 2 nitrogen and oxygen atoms in total. The van der Waals surface area contributed by atoms with E-state index in [1.54, 1.807) is 19.1 Å². The van der Waals surface area contributed by atoms with Gasteiger partial charge in [0.25, 0.3) is 0 Å². The van der Waals surface area contributed by atoms with Crippen LogP contribution in [0.15, 0.2) is 34.7 Å². The predicted octanol–water partition coefficient (Wildman–Crippen LogP) is 4.94. The maximum atomic E-state index is 12.8. The molecule has 2 rings (SSSR count). The van der Waals surface area contributed by atoms with Gasteiger partial charge in [0, 0.05) is 5.56 Å². The van der Waals surface area contributed by atoms with E-state index < -0.39 is 11.7 Å². The Balaban J connectivity index is 2.38. The van der Waals surface area contributed by atoms with Crippen LogP contribution in [0.3, 0.4) is 0 Å². The Morgan fingerprint density at radius 3 is 2.52 bits per heavy atom. The van der Waals surface area contributed by atoms with Gasteiger partial charge in [-0.1, -0.05) is 13.0 Å². The molecule has 0 saturated heterocycles. The molecule has 0 fully saturated rings. The van der Waals surface area contributed by atoms with E-state index in [4.69, 9.17) is 4.42 Å². The highest BCUT2D eigenvalue weighted by atomic mass is 19.4. The van der Waals surface area contributed by atoms with Crippen molar-refractivity contribution < 1.29 is 17.6 Å². The highest BCUT2D eigenvalue weighted by Crippen LogP contribution is 2.35. The smallest absolute Gasteiger partial charge is 0.416 e. The van der Waals surface area contributed by atoms with E-state index in [0.29, 0.717) is 17.1 Å². The minimum atomic E-state index is -4.35. The van der Waals surface area contributed by atoms with Gasteiger partial charge in [-0.05, 0) is 50.2 Å². The van der Waals surface area contributed by atoms with E-state index in [1.807, 2.05) is 13.8 Å². The van der Waals surface area contributed by atoms with Gasteiger partial charge in [-0.3, -0.25) is 0 Å². The molecule has 2 aromatic rings. The summed E-state index contributed by atoms with van der Waals surface area (Å²) in [6.45, 7) is 6.49. The van der Waals surface area contributed by atoms with E-state index >= 15 is 0 Å². The topological polar surface area (TPSA) is 25.2 Å². The molecule has 1 N–H and O–H groups in total. The van der Waals surface area contributed by atoms with Gasteiger partial charge >= 0.3 is 6.18 Å². The first-order chi connectivity index (χ1) is 9.82. The van der Waals surface area contributed by atoms with Crippen molar-refractivity contribution in [2.45, 2.75) is 33.0 Å². The van der Waals surface area contributed by atoms with Crippen molar-refractivity contribution in [3.05, 3.63) is 47.2 Å². The van der Waals surface area contributed by atoms with Gasteiger partial charge in [0.15, 0.2) is 0 Å². The summed E-state index contributed by atoms with van der Waals surface area (Å²) in [5.74, 6) is 1.17. The van der Waals surface area contributed by atoms with Crippen LogP contribution in [0.25, 0.3) is 11.3 Å². The fraction of sp³-hybridized carbons (Fsp3) is 0.375. The molecule has 0 saturated carbocycles. The van der Waals surface area contributed by atoms with Crippen LogP contribution in [0.4, 0.5) is 13.2 Å². The largest absolute Gasteiger partial charge is 0.459 e. The SMILES string of the molecule is CCNC(C)c1ccc(-c2cc(C(F)(F)F)ccc2C)o1. The van der Waals surface area contributed by atoms with Gasteiger partial charge in [0.2, 0.25) is 0 Å². The number of benzene rings is 1.